The number of fused-ring (bicyclic) bond motifs is 1. The van der Waals surface area contributed by atoms with Crippen LogP contribution in [-0.2, 0) is 6.42 Å². The van der Waals surface area contributed by atoms with E-state index >= 15 is 0 Å². The second-order valence-corrected chi connectivity index (χ2v) is 5.85. The Hall–Kier alpha value is -0.820. The van der Waals surface area contributed by atoms with E-state index in [1.165, 1.54) is 30.4 Å². The summed E-state index contributed by atoms with van der Waals surface area (Å²) in [4.78, 5) is 0. The SMILES string of the molecule is CCc1ccc(C(NC)C2CC3CC3C2)cc1. The molecule has 0 saturated heterocycles. The van der Waals surface area contributed by atoms with Crippen molar-refractivity contribution in [2.45, 2.75) is 38.6 Å². The van der Waals surface area contributed by atoms with E-state index in [1.54, 1.807) is 0 Å². The zero-order valence-corrected chi connectivity index (χ0v) is 10.9. The van der Waals surface area contributed by atoms with Crippen LogP contribution >= 0.6 is 0 Å². The fourth-order valence-electron chi connectivity index (χ4n) is 3.67. The Labute approximate surface area is 105 Å². The molecule has 17 heavy (non-hydrogen) atoms. The summed E-state index contributed by atoms with van der Waals surface area (Å²) in [5.41, 5.74) is 2.92. The molecule has 3 atom stereocenters. The molecule has 0 aromatic heterocycles. The summed E-state index contributed by atoms with van der Waals surface area (Å²) in [7, 11) is 2.11. The van der Waals surface area contributed by atoms with Crippen LogP contribution in [-0.4, -0.2) is 7.05 Å². The Morgan fingerprint density at radius 3 is 2.29 bits per heavy atom. The Balaban J connectivity index is 1.74. The van der Waals surface area contributed by atoms with Gasteiger partial charge in [-0.25, -0.2) is 0 Å². The third kappa shape index (κ3) is 2.13. The zero-order valence-electron chi connectivity index (χ0n) is 10.9. The molecule has 0 amide bonds. The van der Waals surface area contributed by atoms with Crippen LogP contribution in [0.3, 0.4) is 0 Å². The van der Waals surface area contributed by atoms with Crippen molar-refractivity contribution in [1.29, 1.82) is 0 Å². The Bertz CT molecular complexity index is 371. The number of aryl methyl sites for hydroxylation is 1. The summed E-state index contributed by atoms with van der Waals surface area (Å²) in [5, 5.41) is 3.54. The van der Waals surface area contributed by atoms with Crippen LogP contribution in [0.2, 0.25) is 0 Å². The van der Waals surface area contributed by atoms with Crippen molar-refractivity contribution >= 4 is 0 Å². The molecule has 92 valence electrons. The van der Waals surface area contributed by atoms with Crippen LogP contribution in [0.25, 0.3) is 0 Å². The van der Waals surface area contributed by atoms with E-state index in [9.17, 15) is 0 Å². The third-order valence-electron chi connectivity index (χ3n) is 4.81. The Morgan fingerprint density at radius 2 is 1.76 bits per heavy atom. The van der Waals surface area contributed by atoms with E-state index in [4.69, 9.17) is 0 Å². The van der Waals surface area contributed by atoms with E-state index < -0.39 is 0 Å². The van der Waals surface area contributed by atoms with Gasteiger partial charge in [0.2, 0.25) is 0 Å². The average Bonchev–Trinajstić information content (AvgIpc) is 2.98. The smallest absolute Gasteiger partial charge is 0.0346 e. The van der Waals surface area contributed by atoms with Gasteiger partial charge < -0.3 is 5.32 Å². The van der Waals surface area contributed by atoms with E-state index in [0.29, 0.717) is 6.04 Å². The average molecular weight is 229 g/mol. The maximum absolute atomic E-state index is 3.54. The van der Waals surface area contributed by atoms with Crippen molar-refractivity contribution in [2.75, 3.05) is 7.05 Å². The van der Waals surface area contributed by atoms with Gasteiger partial charge in [0, 0.05) is 6.04 Å². The summed E-state index contributed by atoms with van der Waals surface area (Å²) in [5.74, 6) is 3.02. The van der Waals surface area contributed by atoms with Crippen molar-refractivity contribution in [3.05, 3.63) is 35.4 Å². The molecule has 1 N–H and O–H groups in total. The molecule has 0 spiro atoms. The predicted molar refractivity (Wildman–Crippen MR) is 71.9 cm³/mol. The topological polar surface area (TPSA) is 12.0 Å². The van der Waals surface area contributed by atoms with E-state index in [0.717, 1.165) is 24.2 Å². The number of benzene rings is 1. The van der Waals surface area contributed by atoms with Crippen molar-refractivity contribution < 1.29 is 0 Å². The van der Waals surface area contributed by atoms with Crippen LogP contribution in [0.4, 0.5) is 0 Å². The number of hydrogen-bond acceptors (Lipinski definition) is 1. The van der Waals surface area contributed by atoms with Crippen LogP contribution < -0.4 is 5.32 Å². The highest BCUT2D eigenvalue weighted by Crippen LogP contribution is 2.57. The molecule has 3 unspecified atom stereocenters. The van der Waals surface area contributed by atoms with Gasteiger partial charge in [0.1, 0.15) is 0 Å². The molecule has 2 aliphatic carbocycles. The summed E-state index contributed by atoms with van der Waals surface area (Å²) in [6, 6.07) is 9.80. The lowest BCUT2D eigenvalue weighted by Crippen LogP contribution is -2.24. The van der Waals surface area contributed by atoms with Gasteiger partial charge in [-0.2, -0.15) is 0 Å². The fraction of sp³-hybridized carbons (Fsp3) is 0.625. The quantitative estimate of drug-likeness (QED) is 0.832. The number of hydrogen-bond donors (Lipinski definition) is 1. The first-order chi connectivity index (χ1) is 8.31. The van der Waals surface area contributed by atoms with Gasteiger partial charge >= 0.3 is 0 Å². The molecule has 2 aliphatic rings. The number of nitrogens with one attached hydrogen (secondary N) is 1. The van der Waals surface area contributed by atoms with E-state index in [-0.39, 0.29) is 0 Å². The summed E-state index contributed by atoms with van der Waals surface area (Å²) in [6.45, 7) is 2.22. The lowest BCUT2D eigenvalue weighted by Gasteiger charge is -2.25. The van der Waals surface area contributed by atoms with Gasteiger partial charge in [-0.1, -0.05) is 31.2 Å². The molecule has 2 fully saturated rings. The van der Waals surface area contributed by atoms with Gasteiger partial charge in [0.15, 0.2) is 0 Å². The third-order valence-corrected chi connectivity index (χ3v) is 4.81. The van der Waals surface area contributed by atoms with Gasteiger partial charge in [-0.15, -0.1) is 0 Å². The minimum absolute atomic E-state index is 0.578. The first-order valence-corrected chi connectivity index (χ1v) is 7.08. The maximum atomic E-state index is 3.54. The lowest BCUT2D eigenvalue weighted by atomic mass is 9.89. The van der Waals surface area contributed by atoms with Crippen molar-refractivity contribution in [1.82, 2.24) is 5.32 Å². The molecule has 1 heteroatoms. The number of rotatable bonds is 4. The Morgan fingerprint density at radius 1 is 1.12 bits per heavy atom. The van der Waals surface area contributed by atoms with Crippen molar-refractivity contribution in [2.24, 2.45) is 17.8 Å². The highest BCUT2D eigenvalue weighted by atomic mass is 14.9. The molecule has 1 aromatic carbocycles. The summed E-state index contributed by atoms with van der Waals surface area (Å²) < 4.78 is 0. The van der Waals surface area contributed by atoms with Gasteiger partial charge in [0.05, 0.1) is 0 Å². The zero-order chi connectivity index (χ0) is 11.8. The van der Waals surface area contributed by atoms with Gasteiger partial charge in [0.25, 0.3) is 0 Å². The first kappa shape index (κ1) is 11.3. The highest BCUT2D eigenvalue weighted by molar-refractivity contribution is 5.26. The first-order valence-electron chi connectivity index (χ1n) is 7.08. The van der Waals surface area contributed by atoms with Crippen LogP contribution in [0.5, 0.6) is 0 Å². The molecule has 3 rings (SSSR count). The van der Waals surface area contributed by atoms with E-state index in [2.05, 4.69) is 43.6 Å². The second-order valence-electron chi connectivity index (χ2n) is 5.85. The standard InChI is InChI=1S/C16H23N/c1-3-11-4-6-12(7-5-11)16(17-2)15-9-13-8-14(13)10-15/h4-7,13-17H,3,8-10H2,1-2H3. The predicted octanol–water partition coefficient (Wildman–Crippen LogP) is 3.56. The minimum Gasteiger partial charge on any atom is -0.313 e. The fourth-order valence-corrected chi connectivity index (χ4v) is 3.67. The molecule has 0 heterocycles. The summed E-state index contributed by atoms with van der Waals surface area (Å²) >= 11 is 0. The van der Waals surface area contributed by atoms with Gasteiger partial charge in [-0.3, -0.25) is 0 Å². The molecular weight excluding hydrogens is 206 g/mol. The minimum atomic E-state index is 0.578. The van der Waals surface area contributed by atoms with Crippen LogP contribution in [0, 0.1) is 17.8 Å². The van der Waals surface area contributed by atoms with Crippen molar-refractivity contribution in [3.8, 4) is 0 Å². The molecule has 0 radical (unpaired) electrons. The molecular formula is C16H23N. The highest BCUT2D eigenvalue weighted by Gasteiger charge is 2.47. The maximum Gasteiger partial charge on any atom is 0.0346 e. The van der Waals surface area contributed by atoms with E-state index in [1.807, 2.05) is 0 Å². The monoisotopic (exact) mass is 229 g/mol. The van der Waals surface area contributed by atoms with Crippen LogP contribution in [0.15, 0.2) is 24.3 Å². The lowest BCUT2D eigenvalue weighted by molar-refractivity contribution is 0.359. The van der Waals surface area contributed by atoms with Gasteiger partial charge in [-0.05, 0) is 61.6 Å². The molecule has 0 aliphatic heterocycles. The normalized spacial score (nSPS) is 32.2. The van der Waals surface area contributed by atoms with Crippen molar-refractivity contribution in [3.63, 3.8) is 0 Å². The largest absolute Gasteiger partial charge is 0.313 e. The molecule has 2 saturated carbocycles. The Kier molecular flexibility index (Phi) is 2.96. The summed E-state index contributed by atoms with van der Waals surface area (Å²) in [6.07, 6.45) is 5.55. The molecule has 0 bridgehead atoms. The molecule has 1 aromatic rings. The molecule has 1 nitrogen and oxygen atoms in total. The second kappa shape index (κ2) is 4.45. The van der Waals surface area contributed by atoms with Crippen LogP contribution in [0.1, 0.15) is 43.4 Å².